The molecule has 1 aliphatic heterocycles. The average molecular weight is 404 g/mol. The Morgan fingerprint density at radius 2 is 2.04 bits per heavy atom. The lowest BCUT2D eigenvalue weighted by atomic mass is 10.1. The molecule has 0 bridgehead atoms. The van der Waals surface area contributed by atoms with Crippen LogP contribution in [0.15, 0.2) is 24.3 Å². The smallest absolute Gasteiger partial charge is 0.394 e. The molecular weight excluding hydrogens is 389 g/mol. The molecule has 1 aliphatic rings. The van der Waals surface area contributed by atoms with Crippen LogP contribution in [0.4, 0.5) is 28.8 Å². The molecule has 0 aliphatic carbocycles. The summed E-state index contributed by atoms with van der Waals surface area (Å²) in [6.07, 6.45) is -6.55. The van der Waals surface area contributed by atoms with E-state index >= 15 is 0 Å². The molecule has 1 aromatic carbocycles. The molecule has 146 valence electrons. The highest BCUT2D eigenvalue weighted by Gasteiger charge is 2.36. The number of ether oxygens (including phenoxy) is 1. The van der Waals surface area contributed by atoms with Crippen molar-refractivity contribution in [2.24, 2.45) is 0 Å². The number of benzene rings is 1. The molecule has 1 fully saturated rings. The van der Waals surface area contributed by atoms with E-state index < -0.39 is 36.1 Å². The highest BCUT2D eigenvalue weighted by Crippen LogP contribution is 2.36. The number of nitrogens with zero attached hydrogens (tertiary/aromatic N) is 2. The van der Waals surface area contributed by atoms with Crippen molar-refractivity contribution in [3.63, 3.8) is 0 Å². The molecule has 4 N–H and O–H groups in total. The number of para-hydroxylation sites is 1. The van der Waals surface area contributed by atoms with Crippen LogP contribution >= 0.6 is 11.3 Å². The van der Waals surface area contributed by atoms with Gasteiger partial charge in [-0.3, -0.25) is 5.32 Å². The van der Waals surface area contributed by atoms with Crippen molar-refractivity contribution >= 4 is 28.2 Å². The SMILES string of the molecule is O=C(Nc1nnc([C@@H]2C[C@H](O)[C@@H](CO)O2)s1)Nc1ccccc1C(F)(F)F. The van der Waals surface area contributed by atoms with Crippen LogP contribution in [0.1, 0.15) is 23.1 Å². The van der Waals surface area contributed by atoms with E-state index in [-0.39, 0.29) is 23.8 Å². The van der Waals surface area contributed by atoms with Crippen LogP contribution < -0.4 is 10.6 Å². The van der Waals surface area contributed by atoms with Gasteiger partial charge in [-0.25, -0.2) is 4.79 Å². The maximum Gasteiger partial charge on any atom is 0.418 e. The normalized spacial score (nSPS) is 22.6. The van der Waals surface area contributed by atoms with Crippen LogP contribution in [0, 0.1) is 0 Å². The van der Waals surface area contributed by atoms with Gasteiger partial charge in [0.1, 0.15) is 17.2 Å². The van der Waals surface area contributed by atoms with Gasteiger partial charge in [-0.15, -0.1) is 10.2 Å². The van der Waals surface area contributed by atoms with Gasteiger partial charge in [0.2, 0.25) is 5.13 Å². The minimum atomic E-state index is -4.61. The monoisotopic (exact) mass is 404 g/mol. The molecule has 1 aromatic heterocycles. The first-order chi connectivity index (χ1) is 12.8. The quantitative estimate of drug-likeness (QED) is 0.622. The average Bonchev–Trinajstić information content (AvgIpc) is 3.20. The number of carbonyl (C=O) groups excluding carboxylic acids is 1. The summed E-state index contributed by atoms with van der Waals surface area (Å²) >= 11 is 0.959. The number of nitrogens with one attached hydrogen (secondary N) is 2. The molecular formula is C15H15F3N4O4S. The molecule has 0 unspecified atom stereocenters. The van der Waals surface area contributed by atoms with Crippen LogP contribution in [-0.2, 0) is 10.9 Å². The molecule has 0 spiro atoms. The number of amides is 2. The van der Waals surface area contributed by atoms with E-state index in [1.165, 1.54) is 12.1 Å². The van der Waals surface area contributed by atoms with E-state index in [1.54, 1.807) is 0 Å². The van der Waals surface area contributed by atoms with Gasteiger partial charge in [0.05, 0.1) is 24.0 Å². The molecule has 0 saturated carbocycles. The molecule has 1 saturated heterocycles. The summed E-state index contributed by atoms with van der Waals surface area (Å²) in [5.74, 6) is 0. The first kappa shape index (κ1) is 19.5. The van der Waals surface area contributed by atoms with Gasteiger partial charge in [-0.05, 0) is 12.1 Å². The fourth-order valence-electron chi connectivity index (χ4n) is 2.56. The predicted molar refractivity (Wildman–Crippen MR) is 89.3 cm³/mol. The highest BCUT2D eigenvalue weighted by molar-refractivity contribution is 7.15. The highest BCUT2D eigenvalue weighted by atomic mass is 32.1. The lowest BCUT2D eigenvalue weighted by Gasteiger charge is -2.13. The van der Waals surface area contributed by atoms with E-state index in [0.717, 1.165) is 23.5 Å². The zero-order valence-corrected chi connectivity index (χ0v) is 14.4. The Balaban J connectivity index is 1.64. The molecule has 2 heterocycles. The number of alkyl halides is 3. The molecule has 12 heteroatoms. The van der Waals surface area contributed by atoms with Crippen molar-refractivity contribution in [2.75, 3.05) is 17.2 Å². The van der Waals surface area contributed by atoms with E-state index in [2.05, 4.69) is 20.8 Å². The lowest BCUT2D eigenvalue weighted by Crippen LogP contribution is -2.24. The maximum absolute atomic E-state index is 13.0. The third-order valence-corrected chi connectivity index (χ3v) is 4.75. The number of rotatable bonds is 4. The van der Waals surface area contributed by atoms with E-state index in [0.29, 0.717) is 5.01 Å². The van der Waals surface area contributed by atoms with Crippen molar-refractivity contribution < 1.29 is 32.9 Å². The van der Waals surface area contributed by atoms with E-state index in [1.807, 2.05) is 0 Å². The summed E-state index contributed by atoms with van der Waals surface area (Å²) in [6, 6.07) is 3.68. The lowest BCUT2D eigenvalue weighted by molar-refractivity contribution is -0.136. The van der Waals surface area contributed by atoms with Gasteiger partial charge in [-0.1, -0.05) is 23.5 Å². The summed E-state index contributed by atoms with van der Waals surface area (Å²) in [5, 5.41) is 31.3. The molecule has 27 heavy (non-hydrogen) atoms. The minimum absolute atomic E-state index is 0.0533. The van der Waals surface area contributed by atoms with Gasteiger partial charge < -0.3 is 20.3 Å². The van der Waals surface area contributed by atoms with Crippen molar-refractivity contribution in [3.8, 4) is 0 Å². The number of hydrogen-bond acceptors (Lipinski definition) is 7. The first-order valence-electron chi connectivity index (χ1n) is 7.80. The molecule has 2 amide bonds. The van der Waals surface area contributed by atoms with E-state index in [4.69, 9.17) is 9.84 Å². The Kier molecular flexibility index (Phi) is 5.60. The van der Waals surface area contributed by atoms with Crippen LogP contribution in [0.5, 0.6) is 0 Å². The predicted octanol–water partition coefficient (Wildman–Crippen LogP) is 2.38. The Morgan fingerprint density at radius 3 is 2.70 bits per heavy atom. The molecule has 8 nitrogen and oxygen atoms in total. The Bertz CT molecular complexity index is 816. The van der Waals surface area contributed by atoms with Crippen LogP contribution in [0.2, 0.25) is 0 Å². The molecule has 3 rings (SSSR count). The number of aliphatic hydroxyl groups is 2. The molecule has 0 radical (unpaired) electrons. The van der Waals surface area contributed by atoms with Gasteiger partial charge in [0.15, 0.2) is 0 Å². The summed E-state index contributed by atoms with van der Waals surface area (Å²) < 4.78 is 44.3. The zero-order valence-electron chi connectivity index (χ0n) is 13.6. The van der Waals surface area contributed by atoms with Crippen molar-refractivity contribution in [3.05, 3.63) is 34.8 Å². The Morgan fingerprint density at radius 1 is 1.30 bits per heavy atom. The third-order valence-electron chi connectivity index (χ3n) is 3.82. The van der Waals surface area contributed by atoms with Crippen LogP contribution in [-0.4, -0.2) is 45.3 Å². The standard InChI is InChI=1S/C15H15F3N4O4S/c16-15(17,18)7-3-1-2-4-8(7)19-13(25)20-14-22-21-12(27-14)10-5-9(24)11(6-23)26-10/h1-4,9-11,23-24H,5-6H2,(H2,19,20,22,25)/t9-,10-,11+/m0/s1. The van der Waals surface area contributed by atoms with Crippen molar-refractivity contribution in [2.45, 2.75) is 30.9 Å². The largest absolute Gasteiger partial charge is 0.418 e. The third kappa shape index (κ3) is 4.53. The van der Waals surface area contributed by atoms with Crippen molar-refractivity contribution in [1.82, 2.24) is 10.2 Å². The number of aromatic nitrogens is 2. The van der Waals surface area contributed by atoms with Crippen molar-refractivity contribution in [1.29, 1.82) is 0 Å². The number of anilines is 2. The van der Waals surface area contributed by atoms with Gasteiger partial charge >= 0.3 is 12.2 Å². The summed E-state index contributed by atoms with van der Waals surface area (Å²) in [7, 11) is 0. The van der Waals surface area contributed by atoms with Gasteiger partial charge in [-0.2, -0.15) is 13.2 Å². The number of urea groups is 1. The van der Waals surface area contributed by atoms with E-state index in [9.17, 15) is 23.1 Å². The van der Waals surface area contributed by atoms with Gasteiger partial charge in [0, 0.05) is 6.42 Å². The summed E-state index contributed by atoms with van der Waals surface area (Å²) in [5.41, 5.74) is -1.36. The van der Waals surface area contributed by atoms with Crippen LogP contribution in [0.3, 0.4) is 0 Å². The second kappa shape index (κ2) is 7.76. The first-order valence-corrected chi connectivity index (χ1v) is 8.61. The Hall–Kier alpha value is -2.28. The number of hydrogen-bond donors (Lipinski definition) is 4. The second-order valence-corrected chi connectivity index (χ2v) is 6.73. The maximum atomic E-state index is 13.0. The zero-order chi connectivity index (χ0) is 19.6. The molecule has 2 aromatic rings. The molecule has 3 atom stereocenters. The summed E-state index contributed by atoms with van der Waals surface area (Å²) in [4.78, 5) is 12.0. The fraction of sp³-hybridized carbons (Fsp3) is 0.400. The number of carbonyl (C=O) groups is 1. The minimum Gasteiger partial charge on any atom is -0.394 e. The Labute approximate surface area is 155 Å². The number of halogens is 3. The summed E-state index contributed by atoms with van der Waals surface area (Å²) in [6.45, 7) is -0.345. The second-order valence-electron chi connectivity index (χ2n) is 5.72. The fourth-order valence-corrected chi connectivity index (χ4v) is 3.35. The topological polar surface area (TPSA) is 117 Å². The number of aliphatic hydroxyl groups excluding tert-OH is 2. The van der Waals surface area contributed by atoms with Gasteiger partial charge in [0.25, 0.3) is 0 Å². The van der Waals surface area contributed by atoms with Crippen LogP contribution in [0.25, 0.3) is 0 Å².